The van der Waals surface area contributed by atoms with Crippen molar-refractivity contribution < 1.29 is 28.7 Å². The molecule has 2 aliphatic heterocycles. The highest BCUT2D eigenvalue weighted by molar-refractivity contribution is 5.84. The Balaban J connectivity index is 0.000000340. The number of hydrogen-bond acceptors (Lipinski definition) is 8. The Bertz CT molecular complexity index is 658. The summed E-state index contributed by atoms with van der Waals surface area (Å²) in [6.07, 6.45) is 2.34. The molecular formula is C22H42N6O6. The molecule has 0 spiro atoms. The van der Waals surface area contributed by atoms with Crippen LogP contribution in [-0.4, -0.2) is 84.3 Å². The molecule has 0 aromatic carbocycles. The second-order valence-corrected chi connectivity index (χ2v) is 10.5. The van der Waals surface area contributed by atoms with Gasteiger partial charge in [0.2, 0.25) is 0 Å². The molecule has 0 bridgehead atoms. The van der Waals surface area contributed by atoms with Gasteiger partial charge in [0.05, 0.1) is 12.1 Å². The first-order chi connectivity index (χ1) is 15.6. The first-order valence-corrected chi connectivity index (χ1v) is 11.6. The number of carbonyl (C=O) groups excluding carboxylic acids is 4. The molecule has 4 amide bonds. The fourth-order valence-electron chi connectivity index (χ4n) is 3.48. The van der Waals surface area contributed by atoms with Crippen molar-refractivity contribution in [2.24, 2.45) is 0 Å². The molecule has 2 saturated heterocycles. The van der Waals surface area contributed by atoms with Gasteiger partial charge in [0.1, 0.15) is 11.2 Å². The third-order valence-electron chi connectivity index (χ3n) is 5.02. The van der Waals surface area contributed by atoms with Crippen LogP contribution in [0.15, 0.2) is 0 Å². The van der Waals surface area contributed by atoms with Gasteiger partial charge in [0, 0.05) is 0 Å². The second-order valence-electron chi connectivity index (χ2n) is 10.5. The monoisotopic (exact) mass is 486 g/mol. The molecule has 2 rings (SSSR count). The third-order valence-corrected chi connectivity index (χ3v) is 5.02. The summed E-state index contributed by atoms with van der Waals surface area (Å²) in [7, 11) is 3.79. The Morgan fingerprint density at radius 3 is 1.21 bits per heavy atom. The van der Waals surface area contributed by atoms with E-state index in [1.807, 2.05) is 23.9 Å². The molecule has 12 nitrogen and oxygen atoms in total. The van der Waals surface area contributed by atoms with Gasteiger partial charge in [0.15, 0.2) is 0 Å². The smallest absolute Gasteiger partial charge is 0.426 e. The molecule has 0 aliphatic carbocycles. The highest BCUT2D eigenvalue weighted by Gasteiger charge is 2.29. The van der Waals surface area contributed by atoms with Gasteiger partial charge in [-0.3, -0.25) is 30.2 Å². The van der Waals surface area contributed by atoms with Gasteiger partial charge in [-0.2, -0.15) is 0 Å². The van der Waals surface area contributed by atoms with E-state index in [1.165, 1.54) is 0 Å². The largest absolute Gasteiger partial charge is 0.443 e. The number of hydrogen-bond donors (Lipinski definition) is 4. The predicted molar refractivity (Wildman–Crippen MR) is 126 cm³/mol. The van der Waals surface area contributed by atoms with Crippen LogP contribution in [0.3, 0.4) is 0 Å². The maximum atomic E-state index is 11.7. The zero-order chi connectivity index (χ0) is 26.1. The quantitative estimate of drug-likeness (QED) is 0.428. The Kier molecular flexibility index (Phi) is 11.0. The summed E-state index contributed by atoms with van der Waals surface area (Å²) in [4.78, 5) is 49.9. The Labute approximate surface area is 202 Å². The van der Waals surface area contributed by atoms with Crippen LogP contribution >= 0.6 is 0 Å². The lowest BCUT2D eigenvalue weighted by Gasteiger charge is -2.21. The van der Waals surface area contributed by atoms with Crippen molar-refractivity contribution in [1.29, 1.82) is 0 Å². The first-order valence-electron chi connectivity index (χ1n) is 11.6. The summed E-state index contributed by atoms with van der Waals surface area (Å²) < 4.78 is 10.00. The maximum absolute atomic E-state index is 11.7. The fourth-order valence-corrected chi connectivity index (χ4v) is 3.48. The van der Waals surface area contributed by atoms with Gasteiger partial charge in [-0.1, -0.05) is 0 Å². The van der Waals surface area contributed by atoms with Crippen LogP contribution in [0, 0.1) is 0 Å². The van der Waals surface area contributed by atoms with E-state index in [1.54, 1.807) is 41.5 Å². The molecule has 2 atom stereocenters. The zero-order valence-electron chi connectivity index (χ0n) is 21.7. The van der Waals surface area contributed by atoms with E-state index in [9.17, 15) is 19.2 Å². The van der Waals surface area contributed by atoms with Crippen molar-refractivity contribution in [3.63, 3.8) is 0 Å². The molecule has 2 fully saturated rings. The normalized spacial score (nSPS) is 21.1. The Hall–Kier alpha value is -2.60. The summed E-state index contributed by atoms with van der Waals surface area (Å²) in [5, 5.41) is 0. The molecule has 4 N–H and O–H groups in total. The van der Waals surface area contributed by atoms with Crippen LogP contribution in [0.2, 0.25) is 0 Å². The highest BCUT2D eigenvalue weighted by Crippen LogP contribution is 2.15. The lowest BCUT2D eigenvalue weighted by Crippen LogP contribution is -2.50. The Morgan fingerprint density at radius 1 is 0.647 bits per heavy atom. The van der Waals surface area contributed by atoms with Crippen molar-refractivity contribution >= 4 is 24.0 Å². The molecule has 2 aliphatic rings. The minimum Gasteiger partial charge on any atom is -0.443 e. The summed E-state index contributed by atoms with van der Waals surface area (Å²) in [5.74, 6) is -0.397. The average Bonchev–Trinajstić information content (AvgIpc) is 3.30. The lowest BCUT2D eigenvalue weighted by atomic mass is 10.2. The number of likely N-dealkylation sites (N-methyl/N-ethyl adjacent to an activating group) is 2. The zero-order valence-corrected chi connectivity index (χ0v) is 21.7. The maximum Gasteiger partial charge on any atom is 0.426 e. The number of rotatable bonds is 2. The van der Waals surface area contributed by atoms with E-state index in [-0.39, 0.29) is 23.9 Å². The summed E-state index contributed by atoms with van der Waals surface area (Å²) in [6, 6.07) is -0.324. The van der Waals surface area contributed by atoms with Crippen LogP contribution in [0.1, 0.15) is 67.2 Å². The van der Waals surface area contributed by atoms with E-state index in [0.717, 1.165) is 38.8 Å². The number of nitrogens with one attached hydrogen (secondary N) is 4. The average molecular weight is 487 g/mol. The van der Waals surface area contributed by atoms with Crippen LogP contribution in [0.4, 0.5) is 9.59 Å². The van der Waals surface area contributed by atoms with E-state index < -0.39 is 23.4 Å². The summed E-state index contributed by atoms with van der Waals surface area (Å²) in [5.41, 5.74) is 8.10. The molecule has 0 saturated carbocycles. The molecule has 2 heterocycles. The summed E-state index contributed by atoms with van der Waals surface area (Å²) in [6.45, 7) is 12.4. The molecule has 0 aromatic heterocycles. The van der Waals surface area contributed by atoms with Crippen LogP contribution in [0.5, 0.6) is 0 Å². The number of ether oxygens (including phenoxy) is 2. The molecule has 34 heavy (non-hydrogen) atoms. The van der Waals surface area contributed by atoms with Crippen molar-refractivity contribution in [2.45, 2.75) is 90.5 Å². The van der Waals surface area contributed by atoms with E-state index in [4.69, 9.17) is 9.47 Å². The number of likely N-dealkylation sites (tertiary alicyclic amines) is 2. The summed E-state index contributed by atoms with van der Waals surface area (Å²) >= 11 is 0. The van der Waals surface area contributed by atoms with Crippen LogP contribution in [0.25, 0.3) is 0 Å². The molecule has 12 heteroatoms. The number of carbonyl (C=O) groups is 4. The number of nitrogens with zero attached hydrogens (tertiary/aromatic N) is 2. The highest BCUT2D eigenvalue weighted by atomic mass is 16.6. The van der Waals surface area contributed by atoms with Gasteiger partial charge >= 0.3 is 12.2 Å². The van der Waals surface area contributed by atoms with E-state index in [2.05, 4.69) is 21.7 Å². The number of amides is 4. The van der Waals surface area contributed by atoms with E-state index in [0.29, 0.717) is 0 Å². The predicted octanol–water partition coefficient (Wildman–Crippen LogP) is 1.27. The van der Waals surface area contributed by atoms with Gasteiger partial charge in [-0.25, -0.2) is 20.4 Å². The van der Waals surface area contributed by atoms with Crippen LogP contribution in [-0.2, 0) is 19.1 Å². The van der Waals surface area contributed by atoms with Crippen molar-refractivity contribution in [3.8, 4) is 0 Å². The minimum absolute atomic E-state index is 0.162. The standard InChI is InChI=1S/2C11H21N3O3/c2*1-11(2,3)17-10(16)13-12-9(15)8-6-5-7-14(8)4/h2*8H,5-7H2,1-4H3,(H,12,15)(H,13,16)/t2*8-/m00/s1. The lowest BCUT2D eigenvalue weighted by molar-refractivity contribution is -0.126. The molecule has 196 valence electrons. The first kappa shape index (κ1) is 29.4. The second kappa shape index (κ2) is 12.7. The molecule has 0 unspecified atom stereocenters. The van der Waals surface area contributed by atoms with Crippen molar-refractivity contribution in [2.75, 3.05) is 27.2 Å². The van der Waals surface area contributed by atoms with Gasteiger partial charge in [-0.15, -0.1) is 0 Å². The molecule has 0 radical (unpaired) electrons. The van der Waals surface area contributed by atoms with Gasteiger partial charge in [0.25, 0.3) is 11.8 Å². The number of hydrazine groups is 2. The minimum atomic E-state index is -0.647. The Morgan fingerprint density at radius 2 is 0.971 bits per heavy atom. The van der Waals surface area contributed by atoms with Gasteiger partial charge in [-0.05, 0) is 94.4 Å². The van der Waals surface area contributed by atoms with Crippen molar-refractivity contribution in [1.82, 2.24) is 31.5 Å². The van der Waals surface area contributed by atoms with Crippen LogP contribution < -0.4 is 21.7 Å². The molecule has 0 aromatic rings. The molecular weight excluding hydrogens is 444 g/mol. The van der Waals surface area contributed by atoms with Gasteiger partial charge < -0.3 is 9.47 Å². The topological polar surface area (TPSA) is 141 Å². The third kappa shape index (κ3) is 11.5. The fraction of sp³-hybridized carbons (Fsp3) is 0.818. The van der Waals surface area contributed by atoms with Crippen molar-refractivity contribution in [3.05, 3.63) is 0 Å². The SMILES string of the molecule is CN1CCC[C@H]1C(=O)NNC(=O)OC(C)(C)C.CN1CCC[C@H]1C(=O)NNC(=O)OC(C)(C)C. The van der Waals surface area contributed by atoms with E-state index >= 15 is 0 Å².